The van der Waals surface area contributed by atoms with Gasteiger partial charge < -0.3 is 14.2 Å². The number of amides is 1. The molecule has 0 spiro atoms. The molecule has 2 unspecified atom stereocenters. The van der Waals surface area contributed by atoms with Crippen LogP contribution in [0.25, 0.3) is 0 Å². The van der Waals surface area contributed by atoms with Crippen molar-refractivity contribution in [3.63, 3.8) is 0 Å². The fourth-order valence-electron chi connectivity index (χ4n) is 3.39. The van der Waals surface area contributed by atoms with Crippen LogP contribution in [-0.4, -0.2) is 49.6 Å². The van der Waals surface area contributed by atoms with E-state index in [-0.39, 0.29) is 5.78 Å². The topological polar surface area (TPSA) is 72.0 Å². The molecule has 1 fully saturated rings. The Labute approximate surface area is 152 Å². The Morgan fingerprint density at radius 2 is 1.85 bits per heavy atom. The van der Waals surface area contributed by atoms with Gasteiger partial charge >= 0.3 is 0 Å². The molecule has 3 rings (SSSR count). The van der Waals surface area contributed by atoms with Crippen LogP contribution < -0.4 is 4.90 Å². The molecule has 0 aliphatic carbocycles. The highest BCUT2D eigenvalue weighted by Gasteiger charge is 2.52. The van der Waals surface area contributed by atoms with E-state index in [1.54, 1.807) is 42.5 Å². The molecule has 0 radical (unpaired) electrons. The van der Waals surface area contributed by atoms with Crippen molar-refractivity contribution in [2.45, 2.75) is 12.5 Å². The van der Waals surface area contributed by atoms with Gasteiger partial charge in [-0.05, 0) is 12.1 Å². The van der Waals surface area contributed by atoms with Gasteiger partial charge in [0.05, 0.1) is 26.9 Å². The van der Waals surface area contributed by atoms with Crippen molar-refractivity contribution in [1.29, 1.82) is 0 Å². The molecule has 1 N–H and O–H groups in total. The maximum Gasteiger partial charge on any atom is 0.291 e. The Hall–Kier alpha value is -2.73. The molecule has 1 aromatic carbocycles. The normalized spacial score (nSPS) is 20.2. The first-order valence-corrected chi connectivity index (χ1v) is 8.77. The SMILES string of the molecule is C[NH+](C)CCCN1C(=O)C(=O)C(C(=O)c2ccccc2)C1c1ccco1. The zero-order valence-corrected chi connectivity index (χ0v) is 15.0. The summed E-state index contributed by atoms with van der Waals surface area (Å²) >= 11 is 0. The molecule has 2 atom stereocenters. The highest BCUT2D eigenvalue weighted by molar-refractivity contribution is 6.43. The number of furan rings is 1. The summed E-state index contributed by atoms with van der Waals surface area (Å²) in [4.78, 5) is 41.0. The maximum absolute atomic E-state index is 13.0. The summed E-state index contributed by atoms with van der Waals surface area (Å²) < 4.78 is 5.48. The Balaban J connectivity index is 1.93. The van der Waals surface area contributed by atoms with Crippen molar-refractivity contribution in [3.8, 4) is 0 Å². The Morgan fingerprint density at radius 3 is 2.46 bits per heavy atom. The van der Waals surface area contributed by atoms with Gasteiger partial charge in [0.25, 0.3) is 5.91 Å². The summed E-state index contributed by atoms with van der Waals surface area (Å²) in [5, 5.41) is 0. The number of likely N-dealkylation sites (tertiary alicyclic amines) is 1. The zero-order chi connectivity index (χ0) is 18.7. The summed E-state index contributed by atoms with van der Waals surface area (Å²) in [6.45, 7) is 1.28. The van der Waals surface area contributed by atoms with Crippen molar-refractivity contribution in [1.82, 2.24) is 4.90 Å². The van der Waals surface area contributed by atoms with Crippen LogP contribution in [0.3, 0.4) is 0 Å². The summed E-state index contributed by atoms with van der Waals surface area (Å²) in [5.74, 6) is -2.20. The first-order chi connectivity index (χ1) is 12.5. The van der Waals surface area contributed by atoms with E-state index in [9.17, 15) is 14.4 Å². The summed E-state index contributed by atoms with van der Waals surface area (Å²) in [7, 11) is 4.06. The third-order valence-corrected chi connectivity index (χ3v) is 4.66. The van der Waals surface area contributed by atoms with Crippen molar-refractivity contribution >= 4 is 17.5 Å². The predicted octanol–water partition coefficient (Wildman–Crippen LogP) is 0.766. The Kier molecular flexibility index (Phi) is 5.32. The first kappa shape index (κ1) is 18.1. The van der Waals surface area contributed by atoms with E-state index in [0.29, 0.717) is 17.9 Å². The smallest absolute Gasteiger partial charge is 0.291 e. The molecule has 6 nitrogen and oxygen atoms in total. The van der Waals surface area contributed by atoms with Gasteiger partial charge in [-0.3, -0.25) is 14.4 Å². The van der Waals surface area contributed by atoms with Crippen LogP contribution >= 0.6 is 0 Å². The first-order valence-electron chi connectivity index (χ1n) is 8.77. The van der Waals surface area contributed by atoms with Gasteiger partial charge in [0.15, 0.2) is 5.78 Å². The fourth-order valence-corrected chi connectivity index (χ4v) is 3.39. The number of ketones is 2. The molecule has 6 heteroatoms. The van der Waals surface area contributed by atoms with E-state index in [0.717, 1.165) is 13.0 Å². The minimum Gasteiger partial charge on any atom is -0.467 e. The molecule has 0 saturated carbocycles. The van der Waals surface area contributed by atoms with Gasteiger partial charge in [0.2, 0.25) is 5.78 Å². The molecule has 0 bridgehead atoms. The van der Waals surface area contributed by atoms with Crippen LogP contribution in [0.15, 0.2) is 53.1 Å². The number of rotatable bonds is 7. The number of hydrogen-bond donors (Lipinski definition) is 1. The summed E-state index contributed by atoms with van der Waals surface area (Å²) in [5.41, 5.74) is 0.426. The van der Waals surface area contributed by atoms with Gasteiger partial charge in [-0.25, -0.2) is 0 Å². The number of nitrogens with zero attached hydrogens (tertiary/aromatic N) is 1. The van der Waals surface area contributed by atoms with Crippen LogP contribution in [0.1, 0.15) is 28.6 Å². The number of hydrogen-bond acceptors (Lipinski definition) is 4. The Bertz CT molecular complexity index is 783. The van der Waals surface area contributed by atoms with E-state index in [1.165, 1.54) is 16.1 Å². The molecule has 2 heterocycles. The van der Waals surface area contributed by atoms with Crippen molar-refractivity contribution in [3.05, 3.63) is 60.1 Å². The molecule has 26 heavy (non-hydrogen) atoms. The van der Waals surface area contributed by atoms with Crippen molar-refractivity contribution in [2.75, 3.05) is 27.2 Å². The highest BCUT2D eigenvalue weighted by atomic mass is 16.3. The molecule has 1 saturated heterocycles. The third-order valence-electron chi connectivity index (χ3n) is 4.66. The van der Waals surface area contributed by atoms with Gasteiger partial charge in [-0.15, -0.1) is 0 Å². The van der Waals surface area contributed by atoms with Crippen molar-refractivity contribution in [2.24, 2.45) is 5.92 Å². The molecule has 1 aromatic heterocycles. The fraction of sp³-hybridized carbons (Fsp3) is 0.350. The number of Topliss-reactive ketones (excluding diaryl/α,β-unsaturated/α-hetero) is 2. The molecule has 1 amide bonds. The van der Waals surface area contributed by atoms with Crippen LogP contribution in [0.2, 0.25) is 0 Å². The maximum atomic E-state index is 13.0. The third kappa shape index (κ3) is 3.46. The average Bonchev–Trinajstić information content (AvgIpc) is 3.24. The minimum atomic E-state index is -1.07. The second-order valence-electron chi connectivity index (χ2n) is 6.84. The molecule has 1 aliphatic rings. The molecular weight excluding hydrogens is 332 g/mol. The lowest BCUT2D eigenvalue weighted by molar-refractivity contribution is -0.858. The van der Waals surface area contributed by atoms with Crippen LogP contribution in [0.5, 0.6) is 0 Å². The minimum absolute atomic E-state index is 0.342. The number of quaternary nitrogens is 1. The molecule has 1 aliphatic heterocycles. The number of carbonyl (C=O) groups is 3. The lowest BCUT2D eigenvalue weighted by Crippen LogP contribution is -3.05. The summed E-state index contributed by atoms with van der Waals surface area (Å²) in [6.07, 6.45) is 2.24. The van der Waals surface area contributed by atoms with Gasteiger partial charge in [-0.2, -0.15) is 0 Å². The monoisotopic (exact) mass is 355 g/mol. The van der Waals surface area contributed by atoms with Gasteiger partial charge in [0, 0.05) is 18.5 Å². The largest absolute Gasteiger partial charge is 0.467 e. The van der Waals surface area contributed by atoms with E-state index in [2.05, 4.69) is 0 Å². The summed E-state index contributed by atoms with van der Waals surface area (Å²) in [6, 6.07) is 11.4. The highest BCUT2D eigenvalue weighted by Crippen LogP contribution is 2.38. The number of carbonyl (C=O) groups excluding carboxylic acids is 3. The number of nitrogens with one attached hydrogen (secondary N) is 1. The quantitative estimate of drug-likeness (QED) is 0.452. The second kappa shape index (κ2) is 7.66. The van der Waals surface area contributed by atoms with Gasteiger partial charge in [-0.1, -0.05) is 30.3 Å². The molecule has 136 valence electrons. The van der Waals surface area contributed by atoms with Crippen molar-refractivity contribution < 1.29 is 23.7 Å². The van der Waals surface area contributed by atoms with E-state index < -0.39 is 23.7 Å². The zero-order valence-electron chi connectivity index (χ0n) is 15.0. The average molecular weight is 355 g/mol. The Morgan fingerprint density at radius 1 is 1.12 bits per heavy atom. The van der Waals surface area contributed by atoms with Crippen LogP contribution in [0.4, 0.5) is 0 Å². The predicted molar refractivity (Wildman–Crippen MR) is 94.7 cm³/mol. The van der Waals surface area contributed by atoms with Crippen LogP contribution in [-0.2, 0) is 9.59 Å². The number of benzene rings is 1. The second-order valence-corrected chi connectivity index (χ2v) is 6.84. The molecule has 2 aromatic rings. The van der Waals surface area contributed by atoms with Crippen LogP contribution in [0, 0.1) is 5.92 Å². The lowest BCUT2D eigenvalue weighted by Gasteiger charge is -2.25. The van der Waals surface area contributed by atoms with E-state index in [4.69, 9.17) is 4.42 Å². The molecular formula is C20H23N2O4+. The van der Waals surface area contributed by atoms with Gasteiger partial charge in [0.1, 0.15) is 17.7 Å². The van der Waals surface area contributed by atoms with E-state index >= 15 is 0 Å². The van der Waals surface area contributed by atoms with E-state index in [1.807, 2.05) is 14.1 Å². The lowest BCUT2D eigenvalue weighted by atomic mass is 9.89. The standard InChI is InChI=1S/C20H22N2O4/c1-21(2)11-7-12-22-17(15-10-6-13-26-15)16(19(24)20(22)25)18(23)14-8-4-3-5-9-14/h3-6,8-10,13,16-17H,7,11-12H2,1-2H3/p+1.